The number of para-hydroxylation sites is 2. The Labute approximate surface area is 186 Å². The van der Waals surface area contributed by atoms with Crippen molar-refractivity contribution in [2.24, 2.45) is 4.99 Å². The first-order valence-corrected chi connectivity index (χ1v) is 10.7. The highest BCUT2D eigenvalue weighted by Crippen LogP contribution is 2.23. The molecule has 158 valence electrons. The van der Waals surface area contributed by atoms with Gasteiger partial charge in [-0.05, 0) is 25.3 Å². The number of nitro benzene ring substituents is 1. The maximum Gasteiger partial charge on any atom is 0.292 e. The average molecular weight is 523 g/mol. The molecule has 1 aromatic carbocycles. The molecule has 0 aliphatic heterocycles. The van der Waals surface area contributed by atoms with E-state index in [1.807, 2.05) is 6.92 Å². The zero-order valence-electron chi connectivity index (χ0n) is 16.3. The Balaban J connectivity index is 0.00000392. The van der Waals surface area contributed by atoms with Gasteiger partial charge in [-0.15, -0.1) is 24.0 Å². The van der Waals surface area contributed by atoms with Crippen LogP contribution in [0.15, 0.2) is 29.3 Å². The molecule has 3 N–H and O–H groups in total. The van der Waals surface area contributed by atoms with Gasteiger partial charge in [0.2, 0.25) is 0 Å². The smallest absolute Gasteiger partial charge is 0.292 e. The number of nitrogens with one attached hydrogen (secondary N) is 3. The lowest BCUT2D eigenvalue weighted by atomic mass is 9.95. The minimum absolute atomic E-state index is 0. The van der Waals surface area contributed by atoms with Crippen LogP contribution in [-0.4, -0.2) is 52.3 Å². The van der Waals surface area contributed by atoms with E-state index >= 15 is 0 Å². The van der Waals surface area contributed by atoms with Gasteiger partial charge in [0.15, 0.2) is 5.96 Å². The number of rotatable bonds is 8. The molecule has 0 radical (unpaired) electrons. The molecule has 0 heterocycles. The molecular formula is C18H30IN5O3S. The summed E-state index contributed by atoms with van der Waals surface area (Å²) in [4.78, 5) is 14.9. The third-order valence-electron chi connectivity index (χ3n) is 4.68. The van der Waals surface area contributed by atoms with E-state index in [0.717, 1.165) is 25.7 Å². The van der Waals surface area contributed by atoms with Crippen LogP contribution in [0.25, 0.3) is 0 Å². The number of benzene rings is 1. The van der Waals surface area contributed by atoms with Crippen molar-refractivity contribution in [3.05, 3.63) is 34.4 Å². The quantitative estimate of drug-likeness (QED) is 0.121. The third-order valence-corrected chi connectivity index (χ3v) is 6.42. The zero-order valence-corrected chi connectivity index (χ0v) is 19.5. The number of nitro groups is 1. The van der Waals surface area contributed by atoms with E-state index in [9.17, 15) is 14.3 Å². The van der Waals surface area contributed by atoms with E-state index in [0.29, 0.717) is 30.5 Å². The van der Waals surface area contributed by atoms with E-state index in [-0.39, 0.29) is 41.0 Å². The molecule has 1 aliphatic rings. The van der Waals surface area contributed by atoms with Crippen molar-refractivity contribution in [2.75, 3.05) is 31.2 Å². The molecule has 1 aromatic rings. The van der Waals surface area contributed by atoms with Crippen molar-refractivity contribution in [3.63, 3.8) is 0 Å². The Hall–Kier alpha value is -1.43. The predicted molar refractivity (Wildman–Crippen MR) is 126 cm³/mol. The number of nitrogens with zero attached hydrogens (tertiary/aromatic N) is 2. The first-order valence-electron chi connectivity index (χ1n) is 9.36. The normalized spacial score (nSPS) is 20.6. The van der Waals surface area contributed by atoms with Gasteiger partial charge in [0, 0.05) is 54.0 Å². The van der Waals surface area contributed by atoms with Crippen LogP contribution in [0.3, 0.4) is 0 Å². The molecular weight excluding hydrogens is 493 g/mol. The van der Waals surface area contributed by atoms with Crippen molar-refractivity contribution in [3.8, 4) is 0 Å². The van der Waals surface area contributed by atoms with Gasteiger partial charge in [-0.1, -0.05) is 25.5 Å². The molecule has 0 bridgehead atoms. The molecule has 0 spiro atoms. The lowest BCUT2D eigenvalue weighted by molar-refractivity contribution is -0.384. The van der Waals surface area contributed by atoms with E-state index in [1.54, 1.807) is 25.2 Å². The highest BCUT2D eigenvalue weighted by molar-refractivity contribution is 14.0. The third kappa shape index (κ3) is 7.53. The SMILES string of the molecule is CCS(=O)C1CCCC(NC(=NC)NCCNc2ccccc2[N+](=O)[O-])C1.I. The summed E-state index contributed by atoms with van der Waals surface area (Å²) in [5.41, 5.74) is 0.571. The fraction of sp³-hybridized carbons (Fsp3) is 0.611. The van der Waals surface area contributed by atoms with Gasteiger partial charge < -0.3 is 16.0 Å². The minimum Gasteiger partial charge on any atom is -0.378 e. The summed E-state index contributed by atoms with van der Waals surface area (Å²) in [6, 6.07) is 6.87. The summed E-state index contributed by atoms with van der Waals surface area (Å²) in [5, 5.41) is 21.0. The molecule has 2 rings (SSSR count). The predicted octanol–water partition coefficient (Wildman–Crippen LogP) is 2.87. The Morgan fingerprint density at radius 1 is 1.32 bits per heavy atom. The maximum absolute atomic E-state index is 12.1. The Morgan fingerprint density at radius 3 is 2.75 bits per heavy atom. The molecule has 28 heavy (non-hydrogen) atoms. The molecule has 1 aliphatic carbocycles. The van der Waals surface area contributed by atoms with Crippen molar-refractivity contribution >= 4 is 52.1 Å². The molecule has 0 amide bonds. The van der Waals surface area contributed by atoms with Crippen molar-refractivity contribution in [2.45, 2.75) is 43.9 Å². The van der Waals surface area contributed by atoms with Crippen LogP contribution in [0.5, 0.6) is 0 Å². The lowest BCUT2D eigenvalue weighted by Crippen LogP contribution is -2.47. The van der Waals surface area contributed by atoms with Crippen molar-refractivity contribution in [1.82, 2.24) is 10.6 Å². The number of aliphatic imine (C=N–C) groups is 1. The summed E-state index contributed by atoms with van der Waals surface area (Å²) < 4.78 is 12.1. The van der Waals surface area contributed by atoms with Gasteiger partial charge in [-0.25, -0.2) is 0 Å². The standard InChI is InChI=1S/C18H29N5O3S.HI/c1-3-27(26)15-8-6-7-14(13-15)22-18(19-2)21-12-11-20-16-9-4-5-10-17(16)23(24)25;/h4-5,9-10,14-15,20H,3,6-8,11-13H2,1-2H3,(H2,19,21,22);1H. The van der Waals surface area contributed by atoms with E-state index in [4.69, 9.17) is 0 Å². The van der Waals surface area contributed by atoms with Crippen LogP contribution in [-0.2, 0) is 10.8 Å². The Kier molecular flexibility index (Phi) is 11.4. The van der Waals surface area contributed by atoms with Crippen LogP contribution in [0, 0.1) is 10.1 Å². The molecule has 1 saturated carbocycles. The number of halogens is 1. The summed E-state index contributed by atoms with van der Waals surface area (Å²) >= 11 is 0. The molecule has 3 unspecified atom stereocenters. The number of guanidine groups is 1. The first-order chi connectivity index (χ1) is 13.0. The monoisotopic (exact) mass is 523 g/mol. The highest BCUT2D eigenvalue weighted by atomic mass is 127. The van der Waals surface area contributed by atoms with Crippen LogP contribution in [0.1, 0.15) is 32.6 Å². The highest BCUT2D eigenvalue weighted by Gasteiger charge is 2.26. The molecule has 0 saturated heterocycles. The molecule has 8 nitrogen and oxygen atoms in total. The summed E-state index contributed by atoms with van der Waals surface area (Å²) in [6.45, 7) is 3.07. The summed E-state index contributed by atoms with van der Waals surface area (Å²) in [6.07, 6.45) is 4.05. The second-order valence-corrected chi connectivity index (χ2v) is 8.50. The van der Waals surface area contributed by atoms with Crippen molar-refractivity contribution < 1.29 is 9.13 Å². The Morgan fingerprint density at radius 2 is 2.07 bits per heavy atom. The van der Waals surface area contributed by atoms with Crippen LogP contribution in [0.4, 0.5) is 11.4 Å². The van der Waals surface area contributed by atoms with Crippen LogP contribution < -0.4 is 16.0 Å². The van der Waals surface area contributed by atoms with Gasteiger partial charge >= 0.3 is 0 Å². The van der Waals surface area contributed by atoms with Crippen molar-refractivity contribution in [1.29, 1.82) is 0 Å². The van der Waals surface area contributed by atoms with E-state index < -0.39 is 15.7 Å². The van der Waals surface area contributed by atoms with E-state index in [1.165, 1.54) is 6.07 Å². The first kappa shape index (κ1) is 24.6. The molecule has 10 heteroatoms. The molecule has 1 fully saturated rings. The Bertz CT molecular complexity index is 689. The molecule has 0 aromatic heterocycles. The summed E-state index contributed by atoms with van der Waals surface area (Å²) in [5.74, 6) is 1.41. The van der Waals surface area contributed by atoms with Crippen LogP contribution in [0.2, 0.25) is 0 Å². The maximum atomic E-state index is 12.1. The van der Waals surface area contributed by atoms with Gasteiger partial charge in [-0.3, -0.25) is 19.3 Å². The fourth-order valence-corrected chi connectivity index (χ4v) is 4.65. The van der Waals surface area contributed by atoms with Crippen LogP contribution >= 0.6 is 24.0 Å². The number of anilines is 1. The largest absolute Gasteiger partial charge is 0.378 e. The summed E-state index contributed by atoms with van der Waals surface area (Å²) in [7, 11) is 0.967. The lowest BCUT2D eigenvalue weighted by Gasteiger charge is -2.30. The van der Waals surface area contributed by atoms with Gasteiger partial charge in [0.25, 0.3) is 5.69 Å². The zero-order chi connectivity index (χ0) is 19.6. The topological polar surface area (TPSA) is 109 Å². The van der Waals surface area contributed by atoms with Gasteiger partial charge in [0.1, 0.15) is 5.69 Å². The van der Waals surface area contributed by atoms with Gasteiger partial charge in [0.05, 0.1) is 4.92 Å². The average Bonchev–Trinajstić information content (AvgIpc) is 2.70. The minimum atomic E-state index is -0.750. The van der Waals surface area contributed by atoms with E-state index in [2.05, 4.69) is 20.9 Å². The number of hydrogen-bond donors (Lipinski definition) is 3. The number of hydrogen-bond acceptors (Lipinski definition) is 5. The second kappa shape index (κ2) is 12.9. The van der Waals surface area contributed by atoms with Gasteiger partial charge in [-0.2, -0.15) is 0 Å². The molecule has 3 atom stereocenters. The second-order valence-electron chi connectivity index (χ2n) is 6.50. The fourth-order valence-electron chi connectivity index (χ4n) is 3.30.